The average molecular weight is 295 g/mol. The molecule has 1 amide bonds. The smallest absolute Gasteiger partial charge is 0.272 e. The fraction of sp³-hybridized carbons (Fsp3) is 0.429. The van der Waals surface area contributed by atoms with E-state index in [1.165, 1.54) is 0 Å². The van der Waals surface area contributed by atoms with E-state index >= 15 is 0 Å². The van der Waals surface area contributed by atoms with E-state index in [0.29, 0.717) is 18.2 Å². The maximum absolute atomic E-state index is 12.4. The van der Waals surface area contributed by atoms with E-state index in [-0.39, 0.29) is 23.9 Å². The molecule has 2 aromatic rings. The molecule has 1 aromatic heterocycles. The van der Waals surface area contributed by atoms with Gasteiger partial charge in [-0.15, -0.1) is 12.4 Å². The van der Waals surface area contributed by atoms with Crippen molar-refractivity contribution in [3.8, 4) is 0 Å². The summed E-state index contributed by atoms with van der Waals surface area (Å²) in [6.45, 7) is 2.46. The molecule has 0 saturated heterocycles. The molecule has 5 nitrogen and oxygen atoms in total. The lowest BCUT2D eigenvalue weighted by atomic mass is 9.95. The lowest BCUT2D eigenvalue weighted by Gasteiger charge is -2.29. The molecular weight excluding hydrogens is 276 g/mol. The Morgan fingerprint density at radius 2 is 2.20 bits per heavy atom. The highest BCUT2D eigenvalue weighted by atomic mass is 35.5. The van der Waals surface area contributed by atoms with Crippen LogP contribution in [0.5, 0.6) is 0 Å². The normalized spacial score (nSPS) is 17.3. The molecule has 1 saturated carbocycles. The Morgan fingerprint density at radius 3 is 2.85 bits per heavy atom. The summed E-state index contributed by atoms with van der Waals surface area (Å²) in [6.07, 6.45) is 2.27. The third-order valence-electron chi connectivity index (χ3n) is 3.99. The molecule has 1 unspecified atom stereocenters. The molecular formula is C14H19ClN4O. The first kappa shape index (κ1) is 14.8. The lowest BCUT2D eigenvalue weighted by molar-refractivity contribution is 0.0894. The van der Waals surface area contributed by atoms with Crippen molar-refractivity contribution in [2.24, 2.45) is 11.7 Å². The monoisotopic (exact) mass is 294 g/mol. The van der Waals surface area contributed by atoms with Crippen molar-refractivity contribution < 1.29 is 4.79 Å². The zero-order valence-electron chi connectivity index (χ0n) is 11.3. The molecule has 0 spiro atoms. The number of nitrogens with zero attached hydrogens (tertiary/aromatic N) is 1. The quantitative estimate of drug-likeness (QED) is 0.804. The van der Waals surface area contributed by atoms with Crippen LogP contribution in [0.3, 0.4) is 0 Å². The number of halogens is 1. The summed E-state index contributed by atoms with van der Waals surface area (Å²) in [5.74, 6) is 0.337. The topological polar surface area (TPSA) is 83.8 Å². The summed E-state index contributed by atoms with van der Waals surface area (Å²) in [6, 6.07) is 7.61. The van der Waals surface area contributed by atoms with Gasteiger partial charge in [-0.2, -0.15) is 5.10 Å². The summed E-state index contributed by atoms with van der Waals surface area (Å²) < 4.78 is 0. The van der Waals surface area contributed by atoms with Crippen LogP contribution in [0.1, 0.15) is 30.3 Å². The number of carbonyl (C=O) groups excluding carboxylic acids is 1. The number of hydrogen-bond donors (Lipinski definition) is 3. The van der Waals surface area contributed by atoms with Crippen molar-refractivity contribution in [2.75, 3.05) is 6.54 Å². The highest BCUT2D eigenvalue weighted by Crippen LogP contribution is 2.39. The van der Waals surface area contributed by atoms with Gasteiger partial charge in [0.25, 0.3) is 5.91 Å². The molecule has 3 rings (SSSR count). The third kappa shape index (κ3) is 2.51. The molecule has 20 heavy (non-hydrogen) atoms. The Balaban J connectivity index is 0.00000147. The number of benzene rings is 1. The summed E-state index contributed by atoms with van der Waals surface area (Å²) in [5.41, 5.74) is 6.81. The maximum atomic E-state index is 12.4. The van der Waals surface area contributed by atoms with Crippen LogP contribution in [-0.2, 0) is 0 Å². The van der Waals surface area contributed by atoms with Gasteiger partial charge in [0.15, 0.2) is 5.69 Å². The van der Waals surface area contributed by atoms with Gasteiger partial charge in [0.05, 0.1) is 11.1 Å². The van der Waals surface area contributed by atoms with Gasteiger partial charge in [-0.3, -0.25) is 9.89 Å². The number of aromatic nitrogens is 2. The van der Waals surface area contributed by atoms with Crippen LogP contribution in [-0.4, -0.2) is 28.2 Å². The summed E-state index contributed by atoms with van der Waals surface area (Å²) in [5, 5.41) is 10.9. The number of nitrogens with one attached hydrogen (secondary N) is 2. The number of carbonyl (C=O) groups is 1. The molecule has 1 aliphatic rings. The Hall–Kier alpha value is -1.59. The van der Waals surface area contributed by atoms with Crippen molar-refractivity contribution in [2.45, 2.75) is 25.3 Å². The van der Waals surface area contributed by atoms with E-state index in [9.17, 15) is 4.79 Å². The van der Waals surface area contributed by atoms with Crippen LogP contribution < -0.4 is 11.1 Å². The second-order valence-corrected chi connectivity index (χ2v) is 5.47. The Morgan fingerprint density at radius 1 is 1.50 bits per heavy atom. The first-order valence-corrected chi connectivity index (χ1v) is 6.60. The van der Waals surface area contributed by atoms with Crippen molar-refractivity contribution in [3.05, 3.63) is 30.0 Å². The summed E-state index contributed by atoms with van der Waals surface area (Å²) in [4.78, 5) is 12.4. The number of aromatic amines is 1. The second-order valence-electron chi connectivity index (χ2n) is 5.47. The highest BCUT2D eigenvalue weighted by molar-refractivity contribution is 6.04. The van der Waals surface area contributed by atoms with E-state index in [4.69, 9.17) is 5.73 Å². The third-order valence-corrected chi connectivity index (χ3v) is 3.99. The van der Waals surface area contributed by atoms with Gasteiger partial charge in [-0.1, -0.05) is 18.2 Å². The molecule has 1 aliphatic carbocycles. The zero-order chi connectivity index (χ0) is 13.5. The van der Waals surface area contributed by atoms with Crippen LogP contribution in [0, 0.1) is 5.92 Å². The first-order chi connectivity index (χ1) is 9.14. The minimum Gasteiger partial charge on any atom is -0.344 e. The average Bonchev–Trinajstić information content (AvgIpc) is 3.19. The number of nitrogens with two attached hydrogens (primary N) is 1. The maximum Gasteiger partial charge on any atom is 0.272 e. The predicted octanol–water partition coefficient (Wildman–Crippen LogP) is 1.84. The molecule has 6 heteroatoms. The predicted molar refractivity (Wildman–Crippen MR) is 81.0 cm³/mol. The Labute approximate surface area is 123 Å². The number of fused-ring (bicyclic) bond motifs is 1. The zero-order valence-corrected chi connectivity index (χ0v) is 12.2. The SMILES string of the molecule is CC(CN)(NC(=O)c1n[nH]c2ccccc12)C1CC1.Cl. The summed E-state index contributed by atoms with van der Waals surface area (Å²) in [7, 11) is 0. The molecule has 1 atom stereocenters. The number of amides is 1. The number of H-pyrrole nitrogens is 1. The first-order valence-electron chi connectivity index (χ1n) is 6.60. The van der Waals surface area contributed by atoms with Crippen molar-refractivity contribution in [1.82, 2.24) is 15.5 Å². The second kappa shape index (κ2) is 5.42. The molecule has 0 bridgehead atoms. The van der Waals surface area contributed by atoms with Crippen molar-refractivity contribution >= 4 is 29.2 Å². The largest absolute Gasteiger partial charge is 0.344 e. The van der Waals surface area contributed by atoms with E-state index in [1.807, 2.05) is 31.2 Å². The highest BCUT2D eigenvalue weighted by Gasteiger charge is 2.42. The lowest BCUT2D eigenvalue weighted by Crippen LogP contribution is -2.53. The number of para-hydroxylation sites is 1. The van der Waals surface area contributed by atoms with Gasteiger partial charge in [0.1, 0.15) is 0 Å². The van der Waals surface area contributed by atoms with Gasteiger partial charge >= 0.3 is 0 Å². The van der Waals surface area contributed by atoms with Crippen LogP contribution in [0.15, 0.2) is 24.3 Å². The van der Waals surface area contributed by atoms with Crippen molar-refractivity contribution in [3.63, 3.8) is 0 Å². The Kier molecular flexibility index (Phi) is 4.01. The number of hydrogen-bond acceptors (Lipinski definition) is 3. The molecule has 1 aromatic carbocycles. The van der Waals surface area contributed by atoms with Gasteiger partial charge < -0.3 is 11.1 Å². The molecule has 1 heterocycles. The van der Waals surface area contributed by atoms with E-state index < -0.39 is 0 Å². The van der Waals surface area contributed by atoms with Gasteiger partial charge in [-0.05, 0) is 31.7 Å². The van der Waals surface area contributed by atoms with Crippen LogP contribution in [0.2, 0.25) is 0 Å². The Bertz CT molecular complexity index is 622. The van der Waals surface area contributed by atoms with E-state index in [2.05, 4.69) is 15.5 Å². The van der Waals surface area contributed by atoms with Crippen LogP contribution >= 0.6 is 12.4 Å². The van der Waals surface area contributed by atoms with Crippen molar-refractivity contribution in [1.29, 1.82) is 0 Å². The fourth-order valence-corrected chi connectivity index (χ4v) is 2.50. The standard InChI is InChI=1S/C14H18N4O.ClH/c1-14(8-15,9-6-7-9)16-13(19)12-10-4-2-3-5-11(10)17-18-12;/h2-5,9H,6-8,15H2,1H3,(H,16,19)(H,17,18);1H. The number of rotatable bonds is 4. The minimum atomic E-state index is -0.322. The van der Waals surface area contributed by atoms with Gasteiger partial charge in [-0.25, -0.2) is 0 Å². The fourth-order valence-electron chi connectivity index (χ4n) is 2.50. The van der Waals surface area contributed by atoms with Crippen LogP contribution in [0.25, 0.3) is 10.9 Å². The molecule has 1 fully saturated rings. The van der Waals surface area contributed by atoms with Crippen LogP contribution in [0.4, 0.5) is 0 Å². The molecule has 0 radical (unpaired) electrons. The van der Waals surface area contributed by atoms with Gasteiger partial charge in [0, 0.05) is 11.9 Å². The molecule has 0 aliphatic heterocycles. The van der Waals surface area contributed by atoms with E-state index in [1.54, 1.807) is 0 Å². The summed E-state index contributed by atoms with van der Waals surface area (Å²) >= 11 is 0. The minimum absolute atomic E-state index is 0. The van der Waals surface area contributed by atoms with E-state index in [0.717, 1.165) is 23.7 Å². The van der Waals surface area contributed by atoms with Gasteiger partial charge in [0.2, 0.25) is 0 Å². The molecule has 4 N–H and O–H groups in total. The molecule has 108 valence electrons.